The number of hydrogen-bond acceptors (Lipinski definition) is 7. The quantitative estimate of drug-likeness (QED) is 0.257. The van der Waals surface area contributed by atoms with Crippen LogP contribution in [0.25, 0.3) is 6.08 Å². The Labute approximate surface area is 157 Å². The molecular weight excluding hydrogens is 372 g/mol. The van der Waals surface area contributed by atoms with Gasteiger partial charge >= 0.3 is 5.97 Å². The first-order valence-corrected chi connectivity index (χ1v) is 8.83. The molecule has 1 aromatic heterocycles. The number of furan rings is 1. The molecule has 27 heavy (non-hydrogen) atoms. The number of nitro benzene ring substituents is 1. The van der Waals surface area contributed by atoms with Gasteiger partial charge in [0.05, 0.1) is 16.8 Å². The molecule has 3 heterocycles. The monoisotopic (exact) mass is 384 g/mol. The van der Waals surface area contributed by atoms with Crippen molar-refractivity contribution in [1.29, 1.82) is 0 Å². The van der Waals surface area contributed by atoms with Gasteiger partial charge in [0, 0.05) is 17.5 Å². The number of nitrogens with zero attached hydrogens (tertiary/aromatic N) is 2. The summed E-state index contributed by atoms with van der Waals surface area (Å²) >= 11 is 1.35. The Morgan fingerprint density at radius 1 is 1.33 bits per heavy atom. The lowest BCUT2D eigenvalue weighted by atomic mass is 10.0. The number of fused-ring (bicyclic) bond motifs is 1. The molecule has 0 radical (unpaired) electrons. The van der Waals surface area contributed by atoms with Crippen LogP contribution in [0.4, 0.5) is 5.69 Å². The summed E-state index contributed by atoms with van der Waals surface area (Å²) in [5.74, 6) is -0.304. The van der Waals surface area contributed by atoms with E-state index in [4.69, 9.17) is 9.15 Å². The first-order valence-electron chi connectivity index (χ1n) is 7.89. The topological polar surface area (TPSA) is 103 Å². The molecule has 2 aliphatic rings. The third kappa shape index (κ3) is 3.13. The van der Waals surface area contributed by atoms with Crippen LogP contribution in [0.15, 0.2) is 63.8 Å². The van der Waals surface area contributed by atoms with Crippen LogP contribution in [0.5, 0.6) is 0 Å². The minimum Gasteiger partial charge on any atom is -0.465 e. The molecule has 0 saturated carbocycles. The molecule has 2 aliphatic heterocycles. The number of β-lactam (4-membered cyclic amide) rings is 1. The van der Waals surface area contributed by atoms with Crippen molar-refractivity contribution in [2.45, 2.75) is 12.0 Å². The summed E-state index contributed by atoms with van der Waals surface area (Å²) in [5.41, 5.74) is 1.33. The molecule has 1 saturated heterocycles. The van der Waals surface area contributed by atoms with E-state index in [0.717, 1.165) is 0 Å². The molecule has 1 amide bonds. The molecule has 8 nitrogen and oxygen atoms in total. The second-order valence-corrected chi connectivity index (χ2v) is 6.74. The maximum absolute atomic E-state index is 12.4. The highest BCUT2D eigenvalue weighted by molar-refractivity contribution is 8.03. The summed E-state index contributed by atoms with van der Waals surface area (Å²) in [6.45, 7) is -0.0410. The van der Waals surface area contributed by atoms with Gasteiger partial charge in [-0.3, -0.25) is 19.8 Å². The van der Waals surface area contributed by atoms with E-state index in [9.17, 15) is 19.7 Å². The molecule has 0 spiro atoms. The average Bonchev–Trinajstić information content (AvgIpc) is 3.32. The molecule has 0 bridgehead atoms. The second-order valence-electron chi connectivity index (χ2n) is 5.78. The van der Waals surface area contributed by atoms with Crippen molar-refractivity contribution in [2.75, 3.05) is 0 Å². The number of esters is 1. The Bertz CT molecular complexity index is 978. The van der Waals surface area contributed by atoms with E-state index in [1.165, 1.54) is 47.2 Å². The third-order valence-corrected chi connectivity index (χ3v) is 5.18. The minimum atomic E-state index is -0.617. The molecule has 1 atom stereocenters. The van der Waals surface area contributed by atoms with Crippen LogP contribution in [-0.4, -0.2) is 27.1 Å². The van der Waals surface area contributed by atoms with Crippen molar-refractivity contribution in [3.63, 3.8) is 0 Å². The van der Waals surface area contributed by atoms with Crippen LogP contribution in [0, 0.1) is 10.1 Å². The molecule has 9 heteroatoms. The smallest absolute Gasteiger partial charge is 0.355 e. The summed E-state index contributed by atoms with van der Waals surface area (Å²) in [4.78, 5) is 36.2. The summed E-state index contributed by atoms with van der Waals surface area (Å²) in [7, 11) is 0. The van der Waals surface area contributed by atoms with Crippen molar-refractivity contribution in [2.24, 2.45) is 0 Å². The van der Waals surface area contributed by atoms with Crippen LogP contribution < -0.4 is 0 Å². The van der Waals surface area contributed by atoms with Gasteiger partial charge in [0.2, 0.25) is 0 Å². The maximum atomic E-state index is 12.4. The number of ether oxygens (including phenoxy) is 1. The van der Waals surface area contributed by atoms with E-state index < -0.39 is 10.9 Å². The summed E-state index contributed by atoms with van der Waals surface area (Å²) in [5, 5.41) is 12.0. The second kappa shape index (κ2) is 6.76. The van der Waals surface area contributed by atoms with E-state index in [1.54, 1.807) is 23.6 Å². The lowest BCUT2D eigenvalue weighted by Gasteiger charge is -2.37. The van der Waals surface area contributed by atoms with Gasteiger partial charge < -0.3 is 9.15 Å². The molecule has 2 aromatic rings. The Morgan fingerprint density at radius 2 is 2.11 bits per heavy atom. The normalized spacial score (nSPS) is 19.5. The molecule has 1 fully saturated rings. The molecule has 0 unspecified atom stereocenters. The fourth-order valence-corrected chi connectivity index (χ4v) is 3.84. The van der Waals surface area contributed by atoms with Gasteiger partial charge in [-0.15, -0.1) is 11.8 Å². The predicted molar refractivity (Wildman–Crippen MR) is 95.9 cm³/mol. The highest BCUT2D eigenvalue weighted by atomic mass is 32.2. The minimum absolute atomic E-state index is 0.0372. The molecule has 4 rings (SSSR count). The largest absolute Gasteiger partial charge is 0.465 e. The van der Waals surface area contributed by atoms with Gasteiger partial charge in [0.1, 0.15) is 23.4 Å². The number of hydrogen-bond donors (Lipinski definition) is 0. The van der Waals surface area contributed by atoms with Crippen molar-refractivity contribution in [3.8, 4) is 0 Å². The lowest BCUT2D eigenvalue weighted by molar-refractivity contribution is -0.384. The molecule has 0 N–H and O–H groups in total. The number of benzene rings is 1. The Hall–Kier alpha value is -3.33. The summed E-state index contributed by atoms with van der Waals surface area (Å²) in [6.07, 6.45) is 3.18. The highest BCUT2D eigenvalue weighted by Gasteiger charge is 2.49. The highest BCUT2D eigenvalue weighted by Crippen LogP contribution is 2.45. The number of amides is 1. The van der Waals surface area contributed by atoms with E-state index >= 15 is 0 Å². The van der Waals surface area contributed by atoms with E-state index in [2.05, 4.69) is 0 Å². The van der Waals surface area contributed by atoms with Crippen LogP contribution in [-0.2, 0) is 20.9 Å². The number of thioether (sulfide) groups is 1. The van der Waals surface area contributed by atoms with Crippen LogP contribution in [0.1, 0.15) is 11.3 Å². The fraction of sp³-hybridized carbons (Fsp3) is 0.111. The van der Waals surface area contributed by atoms with Gasteiger partial charge in [-0.05, 0) is 35.9 Å². The molecule has 136 valence electrons. The van der Waals surface area contributed by atoms with Gasteiger partial charge in [-0.2, -0.15) is 0 Å². The summed E-state index contributed by atoms with van der Waals surface area (Å²) in [6, 6.07) is 9.20. The first-order chi connectivity index (χ1) is 13.0. The molecular formula is C18H12N2O6S. The average molecular weight is 384 g/mol. The Kier molecular flexibility index (Phi) is 4.28. The van der Waals surface area contributed by atoms with Gasteiger partial charge in [0.15, 0.2) is 0 Å². The Balaban J connectivity index is 1.38. The zero-order valence-electron chi connectivity index (χ0n) is 13.7. The van der Waals surface area contributed by atoms with E-state index in [1.807, 2.05) is 0 Å². The van der Waals surface area contributed by atoms with E-state index in [-0.39, 0.29) is 29.3 Å². The van der Waals surface area contributed by atoms with Crippen molar-refractivity contribution in [3.05, 3.63) is 80.8 Å². The van der Waals surface area contributed by atoms with Gasteiger partial charge in [0.25, 0.3) is 11.6 Å². The number of carbonyl (C=O) groups excluding carboxylic acids is 2. The van der Waals surface area contributed by atoms with E-state index in [0.29, 0.717) is 16.9 Å². The number of carbonyl (C=O) groups is 2. The van der Waals surface area contributed by atoms with Crippen molar-refractivity contribution in [1.82, 2.24) is 4.90 Å². The van der Waals surface area contributed by atoms with Crippen LogP contribution in [0.2, 0.25) is 0 Å². The van der Waals surface area contributed by atoms with Crippen LogP contribution >= 0.6 is 11.8 Å². The van der Waals surface area contributed by atoms with Crippen molar-refractivity contribution < 1.29 is 23.7 Å². The standard InChI is InChI=1S/C18H12N2O6S/c21-16-14(8-13-2-1-7-25-13)17-19(16)15(10-27-17)18(22)26-9-11-3-5-12(6-4-11)20(23)24/h1-8,10,17H,9H2/b14-8-/t17-/m1/s1. The lowest BCUT2D eigenvalue weighted by Crippen LogP contribution is -2.51. The summed E-state index contributed by atoms with van der Waals surface area (Å²) < 4.78 is 10.4. The maximum Gasteiger partial charge on any atom is 0.355 e. The van der Waals surface area contributed by atoms with Crippen molar-refractivity contribution >= 4 is 35.4 Å². The molecule has 0 aliphatic carbocycles. The molecule has 1 aromatic carbocycles. The zero-order valence-corrected chi connectivity index (χ0v) is 14.5. The fourth-order valence-electron chi connectivity index (χ4n) is 2.72. The number of nitro groups is 1. The predicted octanol–water partition coefficient (Wildman–Crippen LogP) is 3.07. The number of rotatable bonds is 5. The SMILES string of the molecule is O=C(OCc1ccc([N+](=O)[O-])cc1)C1=CS[C@@H]2/C(=C\c3ccco3)C(=O)N12. The van der Waals surface area contributed by atoms with Crippen LogP contribution in [0.3, 0.4) is 0 Å². The Morgan fingerprint density at radius 3 is 2.78 bits per heavy atom. The number of non-ortho nitro benzene ring substituents is 1. The first kappa shape index (κ1) is 17.1. The third-order valence-electron chi connectivity index (χ3n) is 4.10. The zero-order chi connectivity index (χ0) is 19.0. The van der Waals surface area contributed by atoms with Gasteiger partial charge in [-0.1, -0.05) is 0 Å². The van der Waals surface area contributed by atoms with Gasteiger partial charge in [-0.25, -0.2) is 4.79 Å².